The SMILES string of the molecule is CCOCCCn1c(=O)/c(=C/c2ccc(C(=O)OC)cc2)s/c1=C(\C#N)C(=O)c1ccccc1. The van der Waals surface area contributed by atoms with E-state index in [1.54, 1.807) is 60.7 Å². The molecule has 7 nitrogen and oxygen atoms in total. The van der Waals surface area contributed by atoms with Gasteiger partial charge >= 0.3 is 5.97 Å². The number of hydrogen-bond acceptors (Lipinski definition) is 7. The van der Waals surface area contributed by atoms with E-state index < -0.39 is 11.8 Å². The minimum absolute atomic E-state index is 0.0783. The summed E-state index contributed by atoms with van der Waals surface area (Å²) in [6, 6.07) is 17.2. The quantitative estimate of drug-likeness (QED) is 0.267. The molecule has 0 spiro atoms. The lowest BCUT2D eigenvalue weighted by Crippen LogP contribution is -2.33. The fourth-order valence-electron chi connectivity index (χ4n) is 3.29. The third-order valence-corrected chi connectivity index (χ3v) is 6.13. The van der Waals surface area contributed by atoms with Crippen molar-refractivity contribution in [2.24, 2.45) is 0 Å². The van der Waals surface area contributed by atoms with Crippen LogP contribution in [0.25, 0.3) is 11.6 Å². The number of ether oxygens (including phenoxy) is 2. The Labute approximate surface area is 200 Å². The van der Waals surface area contributed by atoms with E-state index in [1.807, 2.05) is 13.0 Å². The number of ketones is 1. The number of carbonyl (C=O) groups is 2. The smallest absolute Gasteiger partial charge is 0.337 e. The van der Waals surface area contributed by atoms with Gasteiger partial charge in [-0.15, -0.1) is 11.3 Å². The lowest BCUT2D eigenvalue weighted by molar-refractivity contribution is 0.0600. The number of benzene rings is 2. The second-order valence-electron chi connectivity index (χ2n) is 7.22. The van der Waals surface area contributed by atoms with Crippen LogP contribution in [0, 0.1) is 11.3 Å². The lowest BCUT2D eigenvalue weighted by atomic mass is 10.1. The first-order valence-electron chi connectivity index (χ1n) is 10.7. The highest BCUT2D eigenvalue weighted by molar-refractivity contribution is 7.07. The Balaban J connectivity index is 2.14. The maximum atomic E-state index is 13.3. The van der Waals surface area contributed by atoms with E-state index in [2.05, 4.69) is 0 Å². The van der Waals surface area contributed by atoms with Crippen molar-refractivity contribution in [3.63, 3.8) is 0 Å². The van der Waals surface area contributed by atoms with Crippen molar-refractivity contribution in [3.05, 3.63) is 90.8 Å². The highest BCUT2D eigenvalue weighted by Gasteiger charge is 2.17. The Bertz CT molecular complexity index is 1380. The van der Waals surface area contributed by atoms with Crippen LogP contribution in [0.4, 0.5) is 0 Å². The molecule has 3 rings (SSSR count). The van der Waals surface area contributed by atoms with E-state index in [0.717, 1.165) is 11.3 Å². The summed E-state index contributed by atoms with van der Waals surface area (Å²) in [7, 11) is 1.31. The topological polar surface area (TPSA) is 98.4 Å². The lowest BCUT2D eigenvalue weighted by Gasteiger charge is -2.04. The molecule has 0 unspecified atom stereocenters. The van der Waals surface area contributed by atoms with Crippen LogP contribution in [0.1, 0.15) is 39.6 Å². The van der Waals surface area contributed by atoms with Gasteiger partial charge in [-0.3, -0.25) is 14.2 Å². The summed E-state index contributed by atoms with van der Waals surface area (Å²) >= 11 is 1.10. The number of hydrogen-bond donors (Lipinski definition) is 0. The fraction of sp³-hybridized carbons (Fsp3) is 0.231. The molecule has 0 amide bonds. The molecule has 2 aromatic carbocycles. The zero-order valence-electron chi connectivity index (χ0n) is 18.9. The van der Waals surface area contributed by atoms with Gasteiger partial charge < -0.3 is 9.47 Å². The van der Waals surface area contributed by atoms with Crippen LogP contribution >= 0.6 is 11.3 Å². The Morgan fingerprint density at radius 2 is 1.79 bits per heavy atom. The number of rotatable bonds is 9. The number of esters is 1. The van der Waals surface area contributed by atoms with Gasteiger partial charge in [0.25, 0.3) is 5.56 Å². The maximum Gasteiger partial charge on any atom is 0.337 e. The van der Waals surface area contributed by atoms with Gasteiger partial charge in [0.05, 0.1) is 17.2 Å². The molecule has 0 atom stereocenters. The number of methoxy groups -OCH3 is 1. The Hall–Kier alpha value is -3.80. The summed E-state index contributed by atoms with van der Waals surface area (Å²) in [6.45, 7) is 3.22. The summed E-state index contributed by atoms with van der Waals surface area (Å²) in [5, 5.41) is 9.85. The number of aromatic nitrogens is 1. The molecule has 0 fully saturated rings. The number of Topliss-reactive ketones (excluding diaryl/α,β-unsaturated/α-hetero) is 1. The van der Waals surface area contributed by atoms with Crippen LogP contribution in [-0.2, 0) is 16.0 Å². The zero-order chi connectivity index (χ0) is 24.5. The number of carbonyl (C=O) groups excluding carboxylic acids is 2. The maximum absolute atomic E-state index is 13.3. The molecule has 0 aliphatic carbocycles. The molecule has 8 heteroatoms. The van der Waals surface area contributed by atoms with Gasteiger partial charge in [-0.05, 0) is 37.1 Å². The fourth-order valence-corrected chi connectivity index (χ4v) is 4.42. The summed E-state index contributed by atoms with van der Waals surface area (Å²) in [5.74, 6) is -0.883. The molecular weight excluding hydrogens is 452 g/mol. The molecule has 1 aromatic heterocycles. The number of thiazole rings is 1. The van der Waals surface area contributed by atoms with Crippen LogP contribution in [0.3, 0.4) is 0 Å². The van der Waals surface area contributed by atoms with Crippen molar-refractivity contribution < 1.29 is 19.1 Å². The molecule has 3 aromatic rings. The normalized spacial score (nSPS) is 12.2. The van der Waals surface area contributed by atoms with E-state index in [9.17, 15) is 19.6 Å². The number of nitrogens with zero attached hydrogens (tertiary/aromatic N) is 2. The number of nitriles is 1. The molecule has 0 saturated carbocycles. The minimum Gasteiger partial charge on any atom is -0.465 e. The van der Waals surface area contributed by atoms with Crippen LogP contribution in [0.15, 0.2) is 59.4 Å². The van der Waals surface area contributed by atoms with Crippen LogP contribution < -0.4 is 14.8 Å². The van der Waals surface area contributed by atoms with E-state index >= 15 is 0 Å². The van der Waals surface area contributed by atoms with E-state index in [0.29, 0.717) is 52.1 Å². The first kappa shape index (κ1) is 24.8. The zero-order valence-corrected chi connectivity index (χ0v) is 19.8. The first-order chi connectivity index (χ1) is 16.5. The molecular formula is C26H24N2O5S. The minimum atomic E-state index is -0.450. The highest BCUT2D eigenvalue weighted by atomic mass is 32.1. The van der Waals surface area contributed by atoms with E-state index in [4.69, 9.17) is 9.47 Å². The summed E-state index contributed by atoms with van der Waals surface area (Å²) in [4.78, 5) is 38.0. The van der Waals surface area contributed by atoms with E-state index in [-0.39, 0.29) is 11.1 Å². The van der Waals surface area contributed by atoms with Gasteiger partial charge in [-0.25, -0.2) is 4.79 Å². The summed E-state index contributed by atoms with van der Waals surface area (Å²) in [6.07, 6.45) is 2.24. The Morgan fingerprint density at radius 3 is 2.41 bits per heavy atom. The summed E-state index contributed by atoms with van der Waals surface area (Å²) < 4.78 is 12.3. The molecule has 34 heavy (non-hydrogen) atoms. The molecule has 0 aliphatic rings. The van der Waals surface area contributed by atoms with Gasteiger partial charge in [-0.1, -0.05) is 42.5 Å². The van der Waals surface area contributed by atoms with Crippen molar-refractivity contribution in [1.82, 2.24) is 4.57 Å². The average Bonchev–Trinajstić information content (AvgIpc) is 3.17. The third kappa shape index (κ3) is 5.76. The van der Waals surface area contributed by atoms with Gasteiger partial charge in [0, 0.05) is 25.3 Å². The molecule has 0 aliphatic heterocycles. The van der Waals surface area contributed by atoms with Gasteiger partial charge in [-0.2, -0.15) is 5.26 Å². The molecule has 0 bridgehead atoms. The molecule has 0 radical (unpaired) electrons. The Kier molecular flexibility index (Phi) is 8.68. The molecule has 174 valence electrons. The van der Waals surface area contributed by atoms with Gasteiger partial charge in [0.15, 0.2) is 0 Å². The van der Waals surface area contributed by atoms with Gasteiger partial charge in [0.1, 0.15) is 16.3 Å². The van der Waals surface area contributed by atoms with Crippen molar-refractivity contribution in [1.29, 1.82) is 5.26 Å². The van der Waals surface area contributed by atoms with E-state index in [1.165, 1.54) is 11.7 Å². The predicted molar refractivity (Wildman–Crippen MR) is 130 cm³/mol. The van der Waals surface area contributed by atoms with Crippen LogP contribution in [-0.4, -0.2) is 36.6 Å². The first-order valence-corrected chi connectivity index (χ1v) is 11.5. The monoisotopic (exact) mass is 476 g/mol. The predicted octanol–water partition coefficient (Wildman–Crippen LogP) is 2.51. The van der Waals surface area contributed by atoms with Crippen molar-refractivity contribution in [2.75, 3.05) is 20.3 Å². The Morgan fingerprint density at radius 1 is 1.09 bits per heavy atom. The van der Waals surface area contributed by atoms with Gasteiger partial charge in [0.2, 0.25) is 5.78 Å². The van der Waals surface area contributed by atoms with Crippen LogP contribution in [0.5, 0.6) is 0 Å². The van der Waals surface area contributed by atoms with Crippen molar-refractivity contribution in [3.8, 4) is 6.07 Å². The molecule has 0 N–H and O–H groups in total. The van der Waals surface area contributed by atoms with Crippen molar-refractivity contribution in [2.45, 2.75) is 19.9 Å². The third-order valence-electron chi connectivity index (χ3n) is 5.00. The van der Waals surface area contributed by atoms with Crippen LogP contribution in [0.2, 0.25) is 0 Å². The highest BCUT2D eigenvalue weighted by Crippen LogP contribution is 2.09. The largest absolute Gasteiger partial charge is 0.465 e. The molecule has 0 saturated heterocycles. The standard InChI is InChI=1S/C26H24N2O5S/c1-3-33-15-7-14-28-24(30)22(16-18-10-12-20(13-11-18)26(31)32-2)34-25(28)21(17-27)23(29)19-8-5-4-6-9-19/h4-6,8-13,16H,3,7,14-15H2,1-2H3/b22-16-,25-21+. The average molecular weight is 477 g/mol. The van der Waals surface area contributed by atoms with Crippen molar-refractivity contribution >= 4 is 34.7 Å². The molecule has 1 heterocycles. The summed E-state index contributed by atoms with van der Waals surface area (Å²) in [5.41, 5.74) is 1.11. The second-order valence-corrected chi connectivity index (χ2v) is 8.25. The second kappa shape index (κ2) is 11.9.